The lowest BCUT2D eigenvalue weighted by Crippen LogP contribution is -2.54. The van der Waals surface area contributed by atoms with Crippen molar-refractivity contribution in [3.63, 3.8) is 0 Å². The van der Waals surface area contributed by atoms with E-state index in [-0.39, 0.29) is 12.2 Å². The zero-order chi connectivity index (χ0) is 22.6. The maximum atomic E-state index is 6.84. The van der Waals surface area contributed by atoms with Gasteiger partial charge in [-0.3, -0.25) is 0 Å². The predicted octanol–water partition coefficient (Wildman–Crippen LogP) is 7.45. The molecule has 0 bridgehead atoms. The van der Waals surface area contributed by atoms with E-state index in [0.29, 0.717) is 16.6 Å². The average Bonchev–Trinajstić information content (AvgIpc) is 2.59. The lowest BCUT2D eigenvalue weighted by atomic mass is 10.1. The van der Waals surface area contributed by atoms with Crippen molar-refractivity contribution in [2.75, 3.05) is 0 Å². The van der Waals surface area contributed by atoms with E-state index in [2.05, 4.69) is 98.8 Å². The lowest BCUT2D eigenvalue weighted by molar-refractivity contribution is 0.127. The van der Waals surface area contributed by atoms with E-state index in [9.17, 15) is 0 Å². The van der Waals surface area contributed by atoms with Crippen LogP contribution in [0.25, 0.3) is 0 Å². The molecule has 1 rings (SSSR count). The SMILES string of the molecule is C=C=C1[C@H](O[Si](C)(C)C)C[C@@H](C#C[Si](C(C)C)(C(C)C)C(C)C)O[Si]1(CC)CC. The minimum atomic E-state index is -2.11. The first-order valence-corrected chi connectivity index (χ1v) is 19.5. The van der Waals surface area contributed by atoms with Gasteiger partial charge in [0, 0.05) is 11.6 Å². The molecule has 1 fully saturated rings. The summed E-state index contributed by atoms with van der Waals surface area (Å²) in [7, 11) is -5.57. The van der Waals surface area contributed by atoms with Crippen LogP contribution in [0.4, 0.5) is 0 Å². The second-order valence-corrected chi connectivity index (χ2v) is 24.7. The molecule has 0 saturated carbocycles. The van der Waals surface area contributed by atoms with Gasteiger partial charge in [-0.2, -0.15) is 0 Å². The minimum Gasteiger partial charge on any atom is -0.411 e. The Morgan fingerprint density at radius 1 is 1.03 bits per heavy atom. The zero-order valence-corrected chi connectivity index (χ0v) is 24.0. The molecular weight excluding hydrogens is 405 g/mol. The molecule has 1 heterocycles. The van der Waals surface area contributed by atoms with Crippen molar-refractivity contribution < 1.29 is 8.85 Å². The fraction of sp³-hybridized carbons (Fsp3) is 0.792. The van der Waals surface area contributed by atoms with Crippen LogP contribution in [0.3, 0.4) is 0 Å². The smallest absolute Gasteiger partial charge is 0.231 e. The molecule has 2 atom stereocenters. The summed E-state index contributed by atoms with van der Waals surface area (Å²) in [6.45, 7) is 29.6. The van der Waals surface area contributed by atoms with Gasteiger partial charge in [0.05, 0.1) is 6.10 Å². The molecule has 29 heavy (non-hydrogen) atoms. The van der Waals surface area contributed by atoms with Crippen molar-refractivity contribution in [3.05, 3.63) is 17.5 Å². The largest absolute Gasteiger partial charge is 0.411 e. The molecule has 0 radical (unpaired) electrons. The van der Waals surface area contributed by atoms with Crippen molar-refractivity contribution in [2.45, 2.75) is 122 Å². The van der Waals surface area contributed by atoms with Gasteiger partial charge in [0.1, 0.15) is 14.2 Å². The molecule has 0 aromatic carbocycles. The van der Waals surface area contributed by atoms with E-state index in [1.807, 2.05) is 0 Å². The molecule has 0 unspecified atom stereocenters. The van der Waals surface area contributed by atoms with Crippen LogP contribution >= 0.6 is 0 Å². The number of rotatable bonds is 7. The Bertz CT molecular complexity index is 632. The summed E-state index contributed by atoms with van der Waals surface area (Å²) in [6.07, 6.45) is 0.873. The zero-order valence-electron chi connectivity index (χ0n) is 21.0. The standard InChI is InChI=1S/C24H46O2Si3/c1-13-24-23(26-27(10,11)12)18-22(25-28(24,14-2)15-3)16-17-29(19(4)5,20(6)7)21(8)9/h19-23H,1,14-15,18H2,2-12H3/t22-,23-/m1/s1. The van der Waals surface area contributed by atoms with Crippen molar-refractivity contribution in [1.29, 1.82) is 0 Å². The van der Waals surface area contributed by atoms with Gasteiger partial charge in [-0.05, 0) is 48.4 Å². The Morgan fingerprint density at radius 2 is 1.52 bits per heavy atom. The maximum Gasteiger partial charge on any atom is 0.231 e. The Labute approximate surface area is 184 Å². The van der Waals surface area contributed by atoms with Crippen LogP contribution in [0, 0.1) is 11.5 Å². The molecule has 0 aromatic rings. The number of hydrogen-bond acceptors (Lipinski definition) is 2. The van der Waals surface area contributed by atoms with Gasteiger partial charge in [-0.25, -0.2) is 0 Å². The van der Waals surface area contributed by atoms with Crippen LogP contribution in [0.15, 0.2) is 17.5 Å². The van der Waals surface area contributed by atoms with Crippen molar-refractivity contribution >= 4 is 24.7 Å². The Morgan fingerprint density at radius 3 is 1.86 bits per heavy atom. The highest BCUT2D eigenvalue weighted by Gasteiger charge is 2.48. The fourth-order valence-electron chi connectivity index (χ4n) is 5.32. The summed E-state index contributed by atoms with van der Waals surface area (Å²) in [5.74, 6) is 3.69. The third kappa shape index (κ3) is 5.87. The van der Waals surface area contributed by atoms with Gasteiger partial charge in [-0.15, -0.1) is 11.3 Å². The molecule has 2 nitrogen and oxygen atoms in total. The monoisotopic (exact) mass is 450 g/mol. The van der Waals surface area contributed by atoms with Gasteiger partial charge < -0.3 is 8.85 Å². The second-order valence-electron chi connectivity index (χ2n) is 10.5. The highest BCUT2D eigenvalue weighted by atomic mass is 28.4. The van der Waals surface area contributed by atoms with Gasteiger partial charge in [0.2, 0.25) is 8.32 Å². The van der Waals surface area contributed by atoms with E-state index in [4.69, 9.17) is 8.85 Å². The summed E-state index contributed by atoms with van der Waals surface area (Å²) in [6, 6.07) is 2.07. The van der Waals surface area contributed by atoms with Crippen molar-refractivity contribution in [2.24, 2.45) is 0 Å². The highest BCUT2D eigenvalue weighted by Crippen LogP contribution is 2.42. The number of hydrogen-bond donors (Lipinski definition) is 0. The topological polar surface area (TPSA) is 18.5 Å². The third-order valence-corrected chi connectivity index (χ3v) is 18.6. The summed E-state index contributed by atoms with van der Waals surface area (Å²) < 4.78 is 13.5. The van der Waals surface area contributed by atoms with Gasteiger partial charge in [0.25, 0.3) is 0 Å². The molecule has 0 aromatic heterocycles. The molecule has 5 heteroatoms. The first-order chi connectivity index (χ1) is 13.3. The first kappa shape index (κ1) is 26.7. The minimum absolute atomic E-state index is 0.0249. The Hall–Kier alpha value is -0.349. The highest BCUT2D eigenvalue weighted by molar-refractivity contribution is 6.90. The molecule has 166 valence electrons. The van der Waals surface area contributed by atoms with E-state index >= 15 is 0 Å². The molecule has 0 spiro atoms. The fourth-order valence-corrected chi connectivity index (χ4v) is 15.3. The molecule has 1 aliphatic rings. The quantitative estimate of drug-likeness (QED) is 0.228. The maximum absolute atomic E-state index is 6.84. The first-order valence-electron chi connectivity index (χ1n) is 11.6. The normalized spacial score (nSPS) is 22.6. The van der Waals surface area contributed by atoms with Gasteiger partial charge >= 0.3 is 0 Å². The second kappa shape index (κ2) is 10.3. The molecule has 0 N–H and O–H groups in total. The van der Waals surface area contributed by atoms with E-state index < -0.39 is 24.7 Å². The average molecular weight is 451 g/mol. The van der Waals surface area contributed by atoms with E-state index in [1.54, 1.807) is 0 Å². The third-order valence-electron chi connectivity index (χ3n) is 6.75. The van der Waals surface area contributed by atoms with Crippen LogP contribution in [0.5, 0.6) is 0 Å². The van der Waals surface area contributed by atoms with Crippen molar-refractivity contribution in [1.82, 2.24) is 0 Å². The summed E-state index contributed by atoms with van der Waals surface area (Å²) >= 11 is 0. The van der Waals surface area contributed by atoms with Crippen LogP contribution in [0.1, 0.15) is 61.8 Å². The van der Waals surface area contributed by atoms with Crippen molar-refractivity contribution in [3.8, 4) is 11.5 Å². The predicted molar refractivity (Wildman–Crippen MR) is 136 cm³/mol. The van der Waals surface area contributed by atoms with E-state index in [1.165, 1.54) is 5.20 Å². The van der Waals surface area contributed by atoms with Crippen LogP contribution in [-0.4, -0.2) is 36.9 Å². The summed E-state index contributed by atoms with van der Waals surface area (Å²) in [4.78, 5) is 0. The lowest BCUT2D eigenvalue weighted by Gasteiger charge is -2.44. The Balaban J connectivity index is 3.43. The van der Waals surface area contributed by atoms with Gasteiger partial charge in [0.15, 0.2) is 8.32 Å². The van der Waals surface area contributed by atoms with Crippen LogP contribution in [0.2, 0.25) is 48.4 Å². The Kier molecular flexibility index (Phi) is 9.48. The summed E-state index contributed by atoms with van der Waals surface area (Å²) in [5.41, 5.74) is 9.08. The molecule has 0 aliphatic carbocycles. The molecular formula is C24H46O2Si3. The molecule has 1 saturated heterocycles. The van der Waals surface area contributed by atoms with Crippen LogP contribution in [-0.2, 0) is 8.85 Å². The van der Waals surface area contributed by atoms with E-state index in [0.717, 1.165) is 18.5 Å². The molecule has 1 aliphatic heterocycles. The summed E-state index contributed by atoms with van der Waals surface area (Å²) in [5, 5.41) is 1.24. The van der Waals surface area contributed by atoms with Gasteiger partial charge in [-0.1, -0.05) is 67.9 Å². The molecule has 0 amide bonds. The van der Waals surface area contributed by atoms with Crippen LogP contribution < -0.4 is 0 Å².